The minimum atomic E-state index is -0.259. The van der Waals surface area contributed by atoms with Gasteiger partial charge in [0.2, 0.25) is 0 Å². The molecule has 0 N–H and O–H groups in total. The van der Waals surface area contributed by atoms with Crippen molar-refractivity contribution in [1.29, 1.82) is 0 Å². The zero-order valence-electron chi connectivity index (χ0n) is 11.2. The summed E-state index contributed by atoms with van der Waals surface area (Å²) in [6.07, 6.45) is 1.01. The van der Waals surface area contributed by atoms with Gasteiger partial charge in [-0.1, -0.05) is 19.1 Å². The first-order valence-electron chi connectivity index (χ1n) is 6.32. The summed E-state index contributed by atoms with van der Waals surface area (Å²) >= 11 is 5.78. The Kier molecular flexibility index (Phi) is 4.43. The molecule has 0 heterocycles. The molecule has 0 atom stereocenters. The molecular formula is C16H17ClFN. The topological polar surface area (TPSA) is 3.24 Å². The van der Waals surface area contributed by atoms with Gasteiger partial charge in [-0.3, -0.25) is 0 Å². The van der Waals surface area contributed by atoms with Crippen molar-refractivity contribution in [3.05, 3.63) is 59.4 Å². The molecule has 3 heteroatoms. The van der Waals surface area contributed by atoms with E-state index in [1.165, 1.54) is 17.7 Å². The summed E-state index contributed by atoms with van der Waals surface area (Å²) in [7, 11) is 1.92. The molecule has 0 aliphatic carbocycles. The van der Waals surface area contributed by atoms with Gasteiger partial charge in [-0.2, -0.15) is 0 Å². The quantitative estimate of drug-likeness (QED) is 0.719. The molecule has 19 heavy (non-hydrogen) atoms. The second kappa shape index (κ2) is 6.07. The van der Waals surface area contributed by atoms with Crippen LogP contribution in [0.3, 0.4) is 0 Å². The van der Waals surface area contributed by atoms with Crippen molar-refractivity contribution in [3.63, 3.8) is 0 Å². The molecule has 0 aliphatic rings. The molecule has 0 bridgehead atoms. The summed E-state index contributed by atoms with van der Waals surface area (Å²) in [5.74, 6) is 0.0538. The highest BCUT2D eigenvalue weighted by molar-refractivity contribution is 6.17. The molecule has 0 aromatic heterocycles. The van der Waals surface area contributed by atoms with Gasteiger partial charge in [0, 0.05) is 24.3 Å². The monoisotopic (exact) mass is 277 g/mol. The molecule has 2 aromatic rings. The number of benzene rings is 2. The maximum absolute atomic E-state index is 13.5. The predicted molar refractivity (Wildman–Crippen MR) is 79.8 cm³/mol. The first-order chi connectivity index (χ1) is 9.13. The van der Waals surface area contributed by atoms with E-state index in [2.05, 4.69) is 19.1 Å². The van der Waals surface area contributed by atoms with E-state index in [0.717, 1.165) is 23.4 Å². The zero-order valence-corrected chi connectivity index (χ0v) is 11.9. The van der Waals surface area contributed by atoms with E-state index in [0.29, 0.717) is 5.88 Å². The van der Waals surface area contributed by atoms with E-state index in [9.17, 15) is 4.39 Å². The van der Waals surface area contributed by atoms with Gasteiger partial charge < -0.3 is 4.90 Å². The van der Waals surface area contributed by atoms with Crippen LogP contribution in [0.15, 0.2) is 42.5 Å². The molecule has 0 radical (unpaired) electrons. The molecule has 2 rings (SSSR count). The third kappa shape index (κ3) is 3.27. The number of aryl methyl sites for hydroxylation is 1. The molecular weight excluding hydrogens is 261 g/mol. The highest BCUT2D eigenvalue weighted by Gasteiger charge is 2.07. The van der Waals surface area contributed by atoms with E-state index in [4.69, 9.17) is 11.6 Å². The van der Waals surface area contributed by atoms with Crippen LogP contribution >= 0.6 is 11.6 Å². The summed E-state index contributed by atoms with van der Waals surface area (Å²) in [4.78, 5) is 1.96. The third-order valence-corrected chi connectivity index (χ3v) is 3.52. The van der Waals surface area contributed by atoms with Crippen LogP contribution in [0.4, 0.5) is 15.8 Å². The van der Waals surface area contributed by atoms with Gasteiger partial charge in [0.1, 0.15) is 5.82 Å². The Labute approximate surface area is 118 Å². The van der Waals surface area contributed by atoms with Gasteiger partial charge in [0.25, 0.3) is 0 Å². The fraction of sp³-hybridized carbons (Fsp3) is 0.250. The van der Waals surface area contributed by atoms with Crippen molar-refractivity contribution >= 4 is 23.0 Å². The first-order valence-corrected chi connectivity index (χ1v) is 6.85. The lowest BCUT2D eigenvalue weighted by molar-refractivity contribution is 0.626. The van der Waals surface area contributed by atoms with Crippen LogP contribution in [-0.2, 0) is 12.3 Å². The number of anilines is 2. The lowest BCUT2D eigenvalue weighted by Crippen LogP contribution is -2.10. The fourth-order valence-corrected chi connectivity index (χ4v) is 2.16. The summed E-state index contributed by atoms with van der Waals surface area (Å²) in [6, 6.07) is 13.2. The molecule has 0 saturated carbocycles. The molecule has 0 unspecified atom stereocenters. The number of hydrogen-bond donors (Lipinski definition) is 0. The molecule has 1 nitrogen and oxygen atoms in total. The molecule has 0 fully saturated rings. The minimum absolute atomic E-state index is 0.259. The number of halogens is 2. The lowest BCUT2D eigenvalue weighted by Gasteiger charge is -2.20. The lowest BCUT2D eigenvalue weighted by atomic mass is 10.1. The number of rotatable bonds is 4. The summed E-state index contributed by atoms with van der Waals surface area (Å²) in [5.41, 5.74) is 3.91. The van der Waals surface area contributed by atoms with Gasteiger partial charge >= 0.3 is 0 Å². The molecule has 2 aromatic carbocycles. The van der Waals surface area contributed by atoms with Crippen molar-refractivity contribution in [2.75, 3.05) is 11.9 Å². The van der Waals surface area contributed by atoms with Crippen LogP contribution in [0, 0.1) is 5.82 Å². The number of hydrogen-bond acceptors (Lipinski definition) is 1. The fourth-order valence-electron chi connectivity index (χ4n) is 2.01. The van der Waals surface area contributed by atoms with Gasteiger partial charge in [0.15, 0.2) is 0 Å². The van der Waals surface area contributed by atoms with E-state index in [1.54, 1.807) is 0 Å². The van der Waals surface area contributed by atoms with Crippen LogP contribution in [0.2, 0.25) is 0 Å². The summed E-state index contributed by atoms with van der Waals surface area (Å²) in [5, 5.41) is 0. The van der Waals surface area contributed by atoms with Crippen molar-refractivity contribution < 1.29 is 4.39 Å². The second-order valence-corrected chi connectivity index (χ2v) is 4.80. The van der Waals surface area contributed by atoms with E-state index in [1.807, 2.05) is 30.1 Å². The molecule has 0 amide bonds. The van der Waals surface area contributed by atoms with Crippen LogP contribution in [-0.4, -0.2) is 7.05 Å². The van der Waals surface area contributed by atoms with Gasteiger partial charge in [-0.15, -0.1) is 11.6 Å². The first kappa shape index (κ1) is 13.9. The van der Waals surface area contributed by atoms with Crippen LogP contribution in [0.1, 0.15) is 18.1 Å². The summed E-state index contributed by atoms with van der Waals surface area (Å²) < 4.78 is 13.5. The smallest absolute Gasteiger partial charge is 0.125 e. The van der Waals surface area contributed by atoms with E-state index < -0.39 is 0 Å². The average molecular weight is 278 g/mol. The van der Waals surface area contributed by atoms with Gasteiger partial charge in [-0.25, -0.2) is 4.39 Å². The summed E-state index contributed by atoms with van der Waals surface area (Å²) in [6.45, 7) is 2.12. The third-order valence-electron chi connectivity index (χ3n) is 3.22. The molecule has 0 spiro atoms. The van der Waals surface area contributed by atoms with Crippen LogP contribution in [0.5, 0.6) is 0 Å². The zero-order chi connectivity index (χ0) is 13.8. The van der Waals surface area contributed by atoms with Crippen molar-refractivity contribution in [1.82, 2.24) is 0 Å². The maximum atomic E-state index is 13.5. The van der Waals surface area contributed by atoms with Crippen molar-refractivity contribution in [3.8, 4) is 0 Å². The van der Waals surface area contributed by atoms with Gasteiger partial charge in [0.05, 0.1) is 0 Å². The molecule has 100 valence electrons. The normalized spacial score (nSPS) is 10.5. The van der Waals surface area contributed by atoms with E-state index >= 15 is 0 Å². The Hall–Kier alpha value is -1.54. The van der Waals surface area contributed by atoms with E-state index in [-0.39, 0.29) is 5.82 Å². The standard InChI is InChI=1S/C16H17ClFN/c1-3-12-4-6-15(7-5-12)19(2)16-9-13(11-17)8-14(18)10-16/h4-10H,3,11H2,1-2H3. The van der Waals surface area contributed by atoms with Crippen LogP contribution < -0.4 is 4.90 Å². The Morgan fingerprint density at radius 3 is 2.26 bits per heavy atom. The maximum Gasteiger partial charge on any atom is 0.125 e. The highest BCUT2D eigenvalue weighted by Crippen LogP contribution is 2.26. The Morgan fingerprint density at radius 2 is 1.68 bits per heavy atom. The Bertz CT molecular complexity index is 551. The number of nitrogens with zero attached hydrogens (tertiary/aromatic N) is 1. The van der Waals surface area contributed by atoms with Gasteiger partial charge in [-0.05, 0) is 47.9 Å². The second-order valence-electron chi connectivity index (χ2n) is 4.53. The molecule has 0 aliphatic heterocycles. The Morgan fingerprint density at radius 1 is 1.00 bits per heavy atom. The van der Waals surface area contributed by atoms with Crippen molar-refractivity contribution in [2.24, 2.45) is 0 Å². The Balaban J connectivity index is 2.31. The SMILES string of the molecule is CCc1ccc(N(C)c2cc(F)cc(CCl)c2)cc1. The molecule has 0 saturated heterocycles. The highest BCUT2D eigenvalue weighted by atomic mass is 35.5. The number of alkyl halides is 1. The largest absolute Gasteiger partial charge is 0.345 e. The van der Waals surface area contributed by atoms with Crippen molar-refractivity contribution in [2.45, 2.75) is 19.2 Å². The average Bonchev–Trinajstić information content (AvgIpc) is 2.46. The van der Waals surface area contributed by atoms with Crippen LogP contribution in [0.25, 0.3) is 0 Å². The predicted octanol–water partition coefficient (Wildman–Crippen LogP) is 4.89. The minimum Gasteiger partial charge on any atom is -0.345 e.